The molecule has 0 aliphatic carbocycles. The lowest BCUT2D eigenvalue weighted by molar-refractivity contribution is 0.405. The van der Waals surface area contributed by atoms with Crippen LogP contribution in [0.15, 0.2) is 0 Å². The van der Waals surface area contributed by atoms with Gasteiger partial charge < -0.3 is 5.32 Å². The maximum Gasteiger partial charge on any atom is 0.0170 e. The minimum Gasteiger partial charge on any atom is -0.313 e. The van der Waals surface area contributed by atoms with Crippen molar-refractivity contribution < 1.29 is 0 Å². The molecule has 1 fully saturated rings. The maximum absolute atomic E-state index is 3.33. The summed E-state index contributed by atoms with van der Waals surface area (Å²) in [5.74, 6) is 1.29. The van der Waals surface area contributed by atoms with Gasteiger partial charge in [-0.05, 0) is 19.2 Å². The summed E-state index contributed by atoms with van der Waals surface area (Å²) in [7, 11) is 0. The molecule has 0 aromatic carbocycles. The first-order chi connectivity index (χ1) is 3.43. The van der Waals surface area contributed by atoms with Crippen LogP contribution >= 0.6 is 11.8 Å². The molecule has 1 heterocycles. The summed E-state index contributed by atoms with van der Waals surface area (Å²) in [5, 5.41) is 3.33. The van der Waals surface area contributed by atoms with Crippen LogP contribution in [0.25, 0.3) is 0 Å². The zero-order chi connectivity index (χ0) is 5.11. The van der Waals surface area contributed by atoms with E-state index in [9.17, 15) is 0 Å². The number of thioether (sulfide) groups is 1. The van der Waals surface area contributed by atoms with Crippen LogP contribution in [0, 0.1) is 0 Å². The van der Waals surface area contributed by atoms with Gasteiger partial charge in [0, 0.05) is 11.8 Å². The van der Waals surface area contributed by atoms with Gasteiger partial charge >= 0.3 is 0 Å². The molecule has 42 valence electrons. The SMILES string of the molecule is CSCC1CCN1. The van der Waals surface area contributed by atoms with Gasteiger partial charge in [0.2, 0.25) is 0 Å². The Morgan fingerprint density at radius 3 is 2.71 bits per heavy atom. The summed E-state index contributed by atoms with van der Waals surface area (Å²) in [6, 6.07) is 0.843. The van der Waals surface area contributed by atoms with E-state index in [1.54, 1.807) is 0 Å². The Labute approximate surface area is 48.9 Å². The molecular weight excluding hydrogens is 106 g/mol. The second-order valence-corrected chi connectivity index (χ2v) is 2.81. The van der Waals surface area contributed by atoms with E-state index in [0.717, 1.165) is 6.04 Å². The molecule has 1 rings (SSSR count). The van der Waals surface area contributed by atoms with E-state index in [4.69, 9.17) is 0 Å². The molecule has 1 nitrogen and oxygen atoms in total. The van der Waals surface area contributed by atoms with Gasteiger partial charge in [-0.1, -0.05) is 0 Å². The number of hydrogen-bond acceptors (Lipinski definition) is 2. The Morgan fingerprint density at radius 1 is 1.86 bits per heavy atom. The summed E-state index contributed by atoms with van der Waals surface area (Å²) in [4.78, 5) is 0. The van der Waals surface area contributed by atoms with Gasteiger partial charge in [-0.2, -0.15) is 11.8 Å². The first-order valence-electron chi connectivity index (χ1n) is 2.66. The fourth-order valence-corrected chi connectivity index (χ4v) is 1.38. The van der Waals surface area contributed by atoms with Crippen molar-refractivity contribution in [1.29, 1.82) is 0 Å². The third kappa shape index (κ3) is 1.35. The second-order valence-electron chi connectivity index (χ2n) is 1.90. The zero-order valence-electron chi connectivity index (χ0n) is 4.61. The Balaban J connectivity index is 1.93. The van der Waals surface area contributed by atoms with Crippen LogP contribution in [0.4, 0.5) is 0 Å². The smallest absolute Gasteiger partial charge is 0.0170 e. The monoisotopic (exact) mass is 117 g/mol. The van der Waals surface area contributed by atoms with E-state index in [2.05, 4.69) is 11.6 Å². The van der Waals surface area contributed by atoms with E-state index in [1.807, 2.05) is 11.8 Å². The van der Waals surface area contributed by atoms with Crippen LogP contribution < -0.4 is 5.32 Å². The molecule has 0 saturated carbocycles. The molecule has 0 amide bonds. The lowest BCUT2D eigenvalue weighted by Gasteiger charge is -2.26. The predicted octanol–water partition coefficient (Wildman–Crippen LogP) is 0.711. The van der Waals surface area contributed by atoms with Crippen molar-refractivity contribution in [2.24, 2.45) is 0 Å². The van der Waals surface area contributed by atoms with Crippen LogP contribution in [0.1, 0.15) is 6.42 Å². The molecule has 1 N–H and O–H groups in total. The lowest BCUT2D eigenvalue weighted by atomic mass is 10.1. The van der Waals surface area contributed by atoms with Crippen molar-refractivity contribution in [3.63, 3.8) is 0 Å². The number of hydrogen-bond donors (Lipinski definition) is 1. The van der Waals surface area contributed by atoms with Gasteiger partial charge in [0.1, 0.15) is 0 Å². The molecule has 7 heavy (non-hydrogen) atoms. The lowest BCUT2D eigenvalue weighted by Crippen LogP contribution is -2.44. The maximum atomic E-state index is 3.33. The van der Waals surface area contributed by atoms with Crippen molar-refractivity contribution in [1.82, 2.24) is 5.32 Å². The van der Waals surface area contributed by atoms with Gasteiger partial charge in [0.05, 0.1) is 0 Å². The highest BCUT2D eigenvalue weighted by molar-refractivity contribution is 7.98. The molecule has 1 saturated heterocycles. The Bertz CT molecular complexity index is 52.0. The Kier molecular flexibility index (Phi) is 2.00. The van der Waals surface area contributed by atoms with E-state index in [-0.39, 0.29) is 0 Å². The van der Waals surface area contributed by atoms with Crippen molar-refractivity contribution in [3.8, 4) is 0 Å². The normalized spacial score (nSPS) is 29.6. The molecule has 0 bridgehead atoms. The molecule has 0 aromatic heterocycles. The third-order valence-corrected chi connectivity index (χ3v) is 2.03. The first kappa shape index (κ1) is 5.45. The topological polar surface area (TPSA) is 12.0 Å². The minimum atomic E-state index is 0.843. The van der Waals surface area contributed by atoms with Gasteiger partial charge in [-0.25, -0.2) is 0 Å². The zero-order valence-corrected chi connectivity index (χ0v) is 5.42. The van der Waals surface area contributed by atoms with Crippen molar-refractivity contribution in [3.05, 3.63) is 0 Å². The van der Waals surface area contributed by atoms with Crippen LogP contribution in [0.3, 0.4) is 0 Å². The molecular formula is C5H11NS. The highest BCUT2D eigenvalue weighted by Crippen LogP contribution is 2.06. The molecule has 0 radical (unpaired) electrons. The molecule has 1 atom stereocenters. The predicted molar refractivity (Wildman–Crippen MR) is 34.8 cm³/mol. The third-order valence-electron chi connectivity index (χ3n) is 1.29. The minimum absolute atomic E-state index is 0.843. The summed E-state index contributed by atoms with van der Waals surface area (Å²) >= 11 is 1.92. The average molecular weight is 117 g/mol. The second kappa shape index (κ2) is 2.58. The summed E-state index contributed by atoms with van der Waals surface area (Å²) in [6.45, 7) is 1.24. The van der Waals surface area contributed by atoms with Crippen molar-refractivity contribution in [2.75, 3.05) is 18.6 Å². The van der Waals surface area contributed by atoms with Crippen LogP contribution in [-0.4, -0.2) is 24.6 Å². The molecule has 2 heteroatoms. The fourth-order valence-electron chi connectivity index (χ4n) is 0.692. The van der Waals surface area contributed by atoms with Crippen molar-refractivity contribution in [2.45, 2.75) is 12.5 Å². The molecule has 1 unspecified atom stereocenters. The first-order valence-corrected chi connectivity index (χ1v) is 4.05. The molecule has 0 spiro atoms. The van der Waals surface area contributed by atoms with Gasteiger partial charge in [-0.15, -0.1) is 0 Å². The van der Waals surface area contributed by atoms with Crippen molar-refractivity contribution >= 4 is 11.8 Å². The molecule has 1 aliphatic rings. The largest absolute Gasteiger partial charge is 0.313 e. The Morgan fingerprint density at radius 2 is 2.57 bits per heavy atom. The molecule has 1 aliphatic heterocycles. The Hall–Kier alpha value is 0.310. The van der Waals surface area contributed by atoms with Crippen LogP contribution in [0.5, 0.6) is 0 Å². The van der Waals surface area contributed by atoms with E-state index < -0.39 is 0 Å². The average Bonchev–Trinajstić information content (AvgIpc) is 1.55. The van der Waals surface area contributed by atoms with E-state index in [0.29, 0.717) is 0 Å². The van der Waals surface area contributed by atoms with Crippen LogP contribution in [-0.2, 0) is 0 Å². The van der Waals surface area contributed by atoms with E-state index in [1.165, 1.54) is 18.7 Å². The number of rotatable bonds is 2. The van der Waals surface area contributed by atoms with Gasteiger partial charge in [-0.3, -0.25) is 0 Å². The molecule has 0 aromatic rings. The fraction of sp³-hybridized carbons (Fsp3) is 1.00. The van der Waals surface area contributed by atoms with Gasteiger partial charge in [0.25, 0.3) is 0 Å². The summed E-state index contributed by atoms with van der Waals surface area (Å²) < 4.78 is 0. The standard InChI is InChI=1S/C5H11NS/c1-7-4-5-2-3-6-5/h5-6H,2-4H2,1H3. The summed E-state index contributed by atoms with van der Waals surface area (Å²) in [5.41, 5.74) is 0. The van der Waals surface area contributed by atoms with E-state index >= 15 is 0 Å². The highest BCUT2D eigenvalue weighted by Gasteiger charge is 2.13. The highest BCUT2D eigenvalue weighted by atomic mass is 32.2. The summed E-state index contributed by atoms with van der Waals surface area (Å²) in [6.07, 6.45) is 3.54. The van der Waals surface area contributed by atoms with Gasteiger partial charge in [0.15, 0.2) is 0 Å². The van der Waals surface area contributed by atoms with Crippen LogP contribution in [0.2, 0.25) is 0 Å². The quantitative estimate of drug-likeness (QED) is 0.571. The number of nitrogens with one attached hydrogen (secondary N) is 1.